The standard InChI is InChI=1S/C72H46F6N8O14/c1-81-37-7-15-41(16-8-37)99-55-21-49-57-47(65(87)85(67(49)89)51(23-71(73,74)75)69(91)83(27-43-31-93-43)28-44-32-94-44)19-53(97-39-11-3-35(25-79)4-12-39)59-60-54(98-40-13-5-36(26-80)6-14-40)20-48-58-50(22-56(62(64(58)60)61(55)63(57)59)100-42-17-9-38(82-2)10-18-42)68(90)86(66(48)88)52(24-72(76,77)78)70(92)84(29-45-33-95-45)30-46-34-96-46/h3-22,43-46,51-52H,23-24,27-34H2. The lowest BCUT2D eigenvalue weighted by atomic mass is 9.80. The molecular formula is C72H46F6N8O14. The first-order chi connectivity index (χ1) is 48.0. The predicted molar refractivity (Wildman–Crippen MR) is 338 cm³/mol. The number of amides is 6. The van der Waals surface area contributed by atoms with Crippen LogP contribution < -0.4 is 18.9 Å². The van der Waals surface area contributed by atoms with Gasteiger partial charge in [-0.1, -0.05) is 24.3 Å². The summed E-state index contributed by atoms with van der Waals surface area (Å²) in [6.07, 6.45) is -16.8. The van der Waals surface area contributed by atoms with Gasteiger partial charge in [-0.15, -0.1) is 0 Å². The van der Waals surface area contributed by atoms with E-state index in [-0.39, 0.29) is 162 Å². The van der Waals surface area contributed by atoms with E-state index in [1.165, 1.54) is 97.1 Å². The number of benzene rings is 9. The molecule has 0 saturated carbocycles. The molecule has 4 saturated heterocycles. The first-order valence-corrected chi connectivity index (χ1v) is 31.0. The Morgan fingerprint density at radius 1 is 0.450 bits per heavy atom. The average Bonchev–Trinajstić information content (AvgIpc) is 1.54. The van der Waals surface area contributed by atoms with Crippen LogP contribution in [0.5, 0.6) is 46.0 Å². The minimum absolute atomic E-state index is 0.0593. The molecular weight excluding hydrogens is 1310 g/mol. The number of alkyl halides is 6. The number of nitrogens with zero attached hydrogens (tertiary/aromatic N) is 8. The number of epoxide rings is 4. The molecule has 6 heterocycles. The van der Waals surface area contributed by atoms with E-state index in [2.05, 4.69) is 9.69 Å². The number of carbonyl (C=O) groups is 6. The van der Waals surface area contributed by atoms with Crippen LogP contribution in [-0.4, -0.2) is 157 Å². The summed E-state index contributed by atoms with van der Waals surface area (Å²) in [5.74, 6) is -10.1. The number of hydrogen-bond acceptors (Lipinski definition) is 16. The molecule has 6 aliphatic rings. The molecule has 15 rings (SSSR count). The van der Waals surface area contributed by atoms with Crippen LogP contribution in [0.15, 0.2) is 121 Å². The molecule has 0 radical (unpaired) electrons. The van der Waals surface area contributed by atoms with Gasteiger partial charge in [0.25, 0.3) is 23.6 Å². The van der Waals surface area contributed by atoms with Crippen LogP contribution >= 0.6 is 0 Å². The smallest absolute Gasteiger partial charge is 0.391 e. The van der Waals surface area contributed by atoms with Gasteiger partial charge in [0.05, 0.1) is 122 Å². The zero-order valence-corrected chi connectivity index (χ0v) is 51.6. The van der Waals surface area contributed by atoms with E-state index in [1.54, 1.807) is 0 Å². The summed E-state index contributed by atoms with van der Waals surface area (Å²) in [4.78, 5) is 104. The Morgan fingerprint density at radius 3 is 0.920 bits per heavy atom. The summed E-state index contributed by atoms with van der Waals surface area (Å²) in [6, 6.07) is 25.2. The second-order valence-corrected chi connectivity index (χ2v) is 24.5. The van der Waals surface area contributed by atoms with Gasteiger partial charge >= 0.3 is 12.4 Å². The Hall–Kier alpha value is -11.9. The van der Waals surface area contributed by atoms with Gasteiger partial charge in [0.2, 0.25) is 11.8 Å². The third-order valence-electron chi connectivity index (χ3n) is 17.7. The van der Waals surface area contributed by atoms with Crippen molar-refractivity contribution in [3.8, 4) is 58.1 Å². The molecule has 0 N–H and O–H groups in total. The zero-order chi connectivity index (χ0) is 69.8. The molecule has 6 aliphatic heterocycles. The monoisotopic (exact) mass is 1360 g/mol. The number of carbonyl (C=O) groups excluding carboxylic acids is 6. The van der Waals surface area contributed by atoms with Crippen LogP contribution in [0.2, 0.25) is 0 Å². The molecule has 4 fully saturated rings. The summed E-state index contributed by atoms with van der Waals surface area (Å²) in [5, 5.41) is 18.2. The number of imide groups is 2. The molecule has 9 aromatic carbocycles. The van der Waals surface area contributed by atoms with Crippen LogP contribution in [0.25, 0.3) is 52.8 Å². The molecule has 0 aromatic heterocycles. The van der Waals surface area contributed by atoms with Gasteiger partial charge in [-0.25, -0.2) is 9.69 Å². The van der Waals surface area contributed by atoms with Gasteiger partial charge in [-0.3, -0.25) is 38.6 Å². The normalized spacial score (nSPS) is 18.6. The van der Waals surface area contributed by atoms with E-state index in [4.69, 9.17) is 51.0 Å². The van der Waals surface area contributed by atoms with Gasteiger partial charge in [0.15, 0.2) is 11.4 Å². The Kier molecular flexibility index (Phi) is 15.7. The van der Waals surface area contributed by atoms with Gasteiger partial charge in [0, 0.05) is 69.3 Å². The first-order valence-electron chi connectivity index (χ1n) is 31.0. The number of fused-ring (bicyclic) bond motifs is 2. The third-order valence-corrected chi connectivity index (χ3v) is 17.7. The van der Waals surface area contributed by atoms with Gasteiger partial charge in [-0.2, -0.15) is 36.9 Å². The molecule has 0 spiro atoms. The van der Waals surface area contributed by atoms with Crippen LogP contribution in [0.4, 0.5) is 37.7 Å². The van der Waals surface area contributed by atoms with Crippen molar-refractivity contribution in [2.75, 3.05) is 52.6 Å². The van der Waals surface area contributed by atoms with Crippen molar-refractivity contribution in [1.82, 2.24) is 19.6 Å². The van der Waals surface area contributed by atoms with Crippen molar-refractivity contribution in [2.45, 2.75) is 61.7 Å². The number of rotatable bonds is 22. The van der Waals surface area contributed by atoms with Crippen molar-refractivity contribution in [2.24, 2.45) is 0 Å². The molecule has 500 valence electrons. The molecule has 6 unspecified atom stereocenters. The van der Waals surface area contributed by atoms with Crippen molar-refractivity contribution < 1.29 is 93.0 Å². The topological polar surface area (TPSA) is 259 Å². The lowest BCUT2D eigenvalue weighted by Crippen LogP contribution is -2.57. The lowest BCUT2D eigenvalue weighted by molar-refractivity contribution is -0.159. The fourth-order valence-electron chi connectivity index (χ4n) is 12.9. The molecule has 100 heavy (non-hydrogen) atoms. The number of hydrogen-bond donors (Lipinski definition) is 0. The highest BCUT2D eigenvalue weighted by Crippen LogP contribution is 2.58. The Labute approximate surface area is 560 Å². The van der Waals surface area contributed by atoms with E-state index in [0.29, 0.717) is 0 Å². The molecule has 28 heteroatoms. The predicted octanol–water partition coefficient (Wildman–Crippen LogP) is 12.8. The highest BCUT2D eigenvalue weighted by molar-refractivity contribution is 6.45. The summed E-state index contributed by atoms with van der Waals surface area (Å²) < 4.78 is 141. The molecule has 6 atom stereocenters. The summed E-state index contributed by atoms with van der Waals surface area (Å²) in [7, 11) is 0. The van der Waals surface area contributed by atoms with Gasteiger partial charge in [0.1, 0.15) is 58.1 Å². The molecule has 0 aliphatic carbocycles. The molecule has 0 bridgehead atoms. The number of ether oxygens (including phenoxy) is 8. The number of halogens is 6. The fourth-order valence-corrected chi connectivity index (χ4v) is 12.9. The van der Waals surface area contributed by atoms with Crippen molar-refractivity contribution in [1.29, 1.82) is 10.5 Å². The Morgan fingerprint density at radius 2 is 0.700 bits per heavy atom. The second-order valence-electron chi connectivity index (χ2n) is 24.5. The molecule has 9 aromatic rings. The Bertz CT molecular complexity index is 4550. The lowest BCUT2D eigenvalue weighted by Gasteiger charge is -2.37. The Balaban J connectivity index is 1.08. The van der Waals surface area contributed by atoms with Crippen LogP contribution in [0.3, 0.4) is 0 Å². The SMILES string of the molecule is [C-]#[N+]c1ccc(Oc2cc3c4c(cc(Oc5ccc(C#N)cc5)c5c6c(Oc7ccc(C#N)cc7)cc7c8c(cc(Oc9ccc([N+]#[C-])cc9)c(c2c45)c86)C(=O)N(C(CC(F)(F)F)C(=O)N(CC2CO2)CC2CO2)C7=O)C(=O)N(C(CC(F)(F)F)C(=O)N(CC2CO2)CC2CO2)C3=O)cc1. The minimum atomic E-state index is -5.22. The number of nitriles is 2. The van der Waals surface area contributed by atoms with E-state index in [9.17, 15) is 10.5 Å². The van der Waals surface area contributed by atoms with Crippen molar-refractivity contribution in [3.63, 3.8) is 0 Å². The van der Waals surface area contributed by atoms with Crippen LogP contribution in [-0.2, 0) is 28.5 Å². The maximum absolute atomic E-state index is 16.0. The van der Waals surface area contributed by atoms with Crippen molar-refractivity contribution in [3.05, 3.63) is 178 Å². The maximum Gasteiger partial charge on any atom is 0.391 e. The van der Waals surface area contributed by atoms with Crippen LogP contribution in [0, 0.1) is 35.8 Å². The maximum atomic E-state index is 16.0. The summed E-state index contributed by atoms with van der Waals surface area (Å²) in [6.45, 7) is 15.2. The van der Waals surface area contributed by atoms with E-state index < -0.39 is 131 Å². The largest absolute Gasteiger partial charge is 0.457 e. The van der Waals surface area contributed by atoms with Crippen LogP contribution in [0.1, 0.15) is 65.4 Å². The van der Waals surface area contributed by atoms with E-state index in [1.807, 2.05) is 12.1 Å². The van der Waals surface area contributed by atoms with E-state index in [0.717, 1.165) is 34.1 Å². The average molecular weight is 1360 g/mol. The van der Waals surface area contributed by atoms with Gasteiger partial charge < -0.3 is 47.7 Å². The summed E-state index contributed by atoms with van der Waals surface area (Å²) >= 11 is 0. The molecule has 6 amide bonds. The highest BCUT2D eigenvalue weighted by atomic mass is 19.4. The first kappa shape index (κ1) is 64.1. The second kappa shape index (κ2) is 24.6. The highest BCUT2D eigenvalue weighted by Gasteiger charge is 2.52. The van der Waals surface area contributed by atoms with Crippen molar-refractivity contribution >= 4 is 89.9 Å². The fraction of sp³-hybridized carbons (Fsp3) is 0.250. The molecule has 22 nitrogen and oxygen atoms in total. The summed E-state index contributed by atoms with van der Waals surface area (Å²) in [5.41, 5.74) is -1.59. The third kappa shape index (κ3) is 12.2. The minimum Gasteiger partial charge on any atom is -0.457 e. The quantitative estimate of drug-likeness (QED) is 0.0152. The van der Waals surface area contributed by atoms with Gasteiger partial charge in [-0.05, 0) is 97.1 Å². The zero-order valence-electron chi connectivity index (χ0n) is 51.6. The van der Waals surface area contributed by atoms with E-state index >= 15 is 55.1 Å².